The summed E-state index contributed by atoms with van der Waals surface area (Å²) in [6.07, 6.45) is 1.69. The van der Waals surface area contributed by atoms with Gasteiger partial charge in [-0.3, -0.25) is 11.9 Å². The molecule has 0 radical (unpaired) electrons. The van der Waals surface area contributed by atoms with E-state index in [1.165, 1.54) is 0 Å². The molecule has 1 aromatic rings. The molecule has 1 aromatic carbocycles. The number of rotatable bonds is 4. The molecule has 0 heterocycles. The van der Waals surface area contributed by atoms with Crippen molar-refractivity contribution in [3.8, 4) is 0 Å². The highest BCUT2D eigenvalue weighted by molar-refractivity contribution is 8.00. The van der Waals surface area contributed by atoms with Crippen LogP contribution >= 0.6 is 11.9 Å². The lowest BCUT2D eigenvalue weighted by molar-refractivity contribution is 0.564. The van der Waals surface area contributed by atoms with E-state index in [4.69, 9.17) is 5.14 Å². The summed E-state index contributed by atoms with van der Waals surface area (Å²) in [6, 6.07) is 5.04. The lowest BCUT2D eigenvalue weighted by Gasteiger charge is -2.02. The largest absolute Gasteiger partial charge is 0.621 e. The van der Waals surface area contributed by atoms with Gasteiger partial charge in [0.1, 0.15) is 11.9 Å². The Balaban J connectivity index is 2.96. The predicted molar refractivity (Wildman–Crippen MR) is 60.4 cm³/mol. The van der Waals surface area contributed by atoms with Crippen LogP contribution in [-0.2, 0) is 16.0 Å². The van der Waals surface area contributed by atoms with Crippen molar-refractivity contribution < 1.29 is 9.59 Å². The summed E-state index contributed by atoms with van der Waals surface area (Å²) in [6.45, 7) is 0. The molecule has 0 atom stereocenters. The van der Waals surface area contributed by atoms with Crippen molar-refractivity contribution in [2.75, 3.05) is 5.75 Å². The van der Waals surface area contributed by atoms with Crippen LogP contribution in [-0.4, -0.2) is 17.6 Å². The summed E-state index contributed by atoms with van der Waals surface area (Å²) in [7, 11) is 0. The van der Waals surface area contributed by atoms with Gasteiger partial charge in [-0.15, -0.1) is 0 Å². The van der Waals surface area contributed by atoms with Crippen LogP contribution in [0.4, 0.5) is 0 Å². The van der Waals surface area contributed by atoms with Gasteiger partial charge in [0, 0.05) is 0 Å². The molecule has 0 aliphatic heterocycles. The van der Waals surface area contributed by atoms with Gasteiger partial charge in [0.2, 0.25) is 0 Å². The number of carbonyl (C=O) groups excluding carboxylic acids is 2. The average Bonchev–Trinajstić information content (AvgIpc) is 2.29. The van der Waals surface area contributed by atoms with E-state index in [9.17, 15) is 9.59 Å². The molecule has 0 saturated heterocycles. The average molecular weight is 220 g/mol. The number of nitrogens with one attached hydrogen (secondary N) is 1. The van der Waals surface area contributed by atoms with Gasteiger partial charge in [0.25, 0.3) is 0 Å². The van der Waals surface area contributed by atoms with Crippen molar-refractivity contribution >= 4 is 23.8 Å². The van der Waals surface area contributed by atoms with Gasteiger partial charge < -0.3 is 5.14 Å². The van der Waals surface area contributed by atoms with Crippen LogP contribution in [0.3, 0.4) is 0 Å². The Morgan fingerprint density at radius 3 is 2.53 bits per heavy atom. The van der Waals surface area contributed by atoms with Crippen LogP contribution in [0.2, 0.25) is 0 Å². The van der Waals surface area contributed by atoms with Crippen molar-refractivity contribution in [2.24, 2.45) is 0 Å². The zero-order valence-corrected chi connectivity index (χ0v) is 8.89. The standard InChI is InChI=1S/C11H10NO2S/c12-15-5-1-2-9-3-4-10(7-13)11(6-9)8-14/h3-4,6,12H,1-2,5H2/q-1. The Hall–Kier alpha value is -1.31. The SMILES string of the molecule is [NH-]SCCCc1ccc(=C=O)c(=C=O)c1. The Morgan fingerprint density at radius 1 is 1.20 bits per heavy atom. The van der Waals surface area contributed by atoms with E-state index in [2.05, 4.69) is 0 Å². The van der Waals surface area contributed by atoms with Crippen LogP contribution in [0.5, 0.6) is 0 Å². The molecule has 1 rings (SSSR count). The molecular weight excluding hydrogens is 210 g/mol. The first-order valence-electron chi connectivity index (χ1n) is 4.49. The normalized spacial score (nSPS) is 9.40. The Morgan fingerprint density at radius 2 is 1.93 bits per heavy atom. The van der Waals surface area contributed by atoms with E-state index < -0.39 is 0 Å². The maximum Gasteiger partial charge on any atom is 0.133 e. The van der Waals surface area contributed by atoms with Gasteiger partial charge in [-0.25, -0.2) is 9.59 Å². The highest BCUT2D eigenvalue weighted by atomic mass is 32.2. The summed E-state index contributed by atoms with van der Waals surface area (Å²) < 4.78 is 0. The minimum atomic E-state index is 0.253. The van der Waals surface area contributed by atoms with E-state index >= 15 is 0 Å². The lowest BCUT2D eigenvalue weighted by atomic mass is 10.1. The van der Waals surface area contributed by atoms with Gasteiger partial charge in [-0.05, 0) is 36.3 Å². The molecule has 4 heteroatoms. The van der Waals surface area contributed by atoms with E-state index in [1.54, 1.807) is 30.1 Å². The number of hydrogen-bond donors (Lipinski definition) is 0. The second kappa shape index (κ2) is 6.23. The number of aryl methyl sites for hydroxylation is 1. The quantitative estimate of drug-likeness (QED) is 0.542. The molecule has 15 heavy (non-hydrogen) atoms. The van der Waals surface area contributed by atoms with Gasteiger partial charge in [0.05, 0.1) is 10.4 Å². The minimum Gasteiger partial charge on any atom is -0.621 e. The molecule has 0 saturated carbocycles. The first-order valence-corrected chi connectivity index (χ1v) is 5.48. The van der Waals surface area contributed by atoms with Gasteiger partial charge in [-0.1, -0.05) is 6.07 Å². The van der Waals surface area contributed by atoms with Crippen LogP contribution in [0.1, 0.15) is 12.0 Å². The molecule has 1 N–H and O–H groups in total. The third kappa shape index (κ3) is 3.39. The third-order valence-electron chi connectivity index (χ3n) is 2.02. The molecule has 0 aliphatic carbocycles. The second-order valence-electron chi connectivity index (χ2n) is 3.04. The third-order valence-corrected chi connectivity index (χ3v) is 2.51. The fraction of sp³-hybridized carbons (Fsp3) is 0.273. The first kappa shape index (κ1) is 11.8. The van der Waals surface area contributed by atoms with Gasteiger partial charge in [0.15, 0.2) is 0 Å². The number of hydrogen-bond acceptors (Lipinski definition) is 3. The van der Waals surface area contributed by atoms with Crippen molar-refractivity contribution in [3.63, 3.8) is 0 Å². The maximum absolute atomic E-state index is 10.5. The molecule has 78 valence electrons. The lowest BCUT2D eigenvalue weighted by Crippen LogP contribution is -2.27. The van der Waals surface area contributed by atoms with Crippen LogP contribution < -0.4 is 10.4 Å². The zero-order valence-electron chi connectivity index (χ0n) is 8.08. The van der Waals surface area contributed by atoms with Gasteiger partial charge >= 0.3 is 0 Å². The highest BCUT2D eigenvalue weighted by Gasteiger charge is 1.94. The van der Waals surface area contributed by atoms with E-state index in [1.807, 2.05) is 0 Å². The maximum atomic E-state index is 10.5. The van der Waals surface area contributed by atoms with Crippen molar-refractivity contribution in [3.05, 3.63) is 39.3 Å². The summed E-state index contributed by atoms with van der Waals surface area (Å²) in [5, 5.41) is 7.43. The second-order valence-corrected chi connectivity index (χ2v) is 3.73. The first-order chi connectivity index (χ1) is 7.31. The smallest absolute Gasteiger partial charge is 0.133 e. The van der Waals surface area contributed by atoms with Gasteiger partial charge in [-0.2, -0.15) is 0 Å². The monoisotopic (exact) mass is 220 g/mol. The molecular formula is C11H10NO2S-. The van der Waals surface area contributed by atoms with E-state index in [0.717, 1.165) is 36.1 Å². The Labute approximate surface area is 91.8 Å². The molecule has 0 amide bonds. The Bertz CT molecular complexity index is 488. The molecule has 3 nitrogen and oxygen atoms in total. The fourth-order valence-corrected chi connectivity index (χ4v) is 1.56. The summed E-state index contributed by atoms with van der Waals surface area (Å²) in [4.78, 5) is 21.0. The summed E-state index contributed by atoms with van der Waals surface area (Å²) >= 11 is 1.05. The summed E-state index contributed by atoms with van der Waals surface area (Å²) in [5.74, 6) is 4.18. The number of benzene rings is 1. The van der Waals surface area contributed by atoms with Crippen LogP contribution in [0.25, 0.3) is 5.14 Å². The zero-order chi connectivity index (χ0) is 11.1. The van der Waals surface area contributed by atoms with Crippen molar-refractivity contribution in [2.45, 2.75) is 12.8 Å². The molecule has 0 unspecified atom stereocenters. The molecule has 0 aliphatic rings. The molecule has 0 fully saturated rings. The van der Waals surface area contributed by atoms with E-state index in [-0.39, 0.29) is 10.4 Å². The van der Waals surface area contributed by atoms with Crippen molar-refractivity contribution in [1.82, 2.24) is 0 Å². The molecule has 0 bridgehead atoms. The Kier molecular flexibility index (Phi) is 4.88. The predicted octanol–water partition coefficient (Wildman–Crippen LogP) is 0.326. The fourth-order valence-electron chi connectivity index (χ4n) is 1.27. The molecule has 0 aromatic heterocycles. The van der Waals surface area contributed by atoms with E-state index in [0.29, 0.717) is 0 Å². The minimum absolute atomic E-state index is 0.253. The summed E-state index contributed by atoms with van der Waals surface area (Å²) in [5.41, 5.74) is 0.987. The van der Waals surface area contributed by atoms with Crippen molar-refractivity contribution in [1.29, 1.82) is 0 Å². The topological polar surface area (TPSA) is 57.9 Å². The molecule has 0 spiro atoms. The highest BCUT2D eigenvalue weighted by Crippen LogP contribution is 2.04. The van der Waals surface area contributed by atoms with Crippen LogP contribution in [0, 0.1) is 0 Å². The van der Waals surface area contributed by atoms with Crippen LogP contribution in [0.15, 0.2) is 18.2 Å².